The summed E-state index contributed by atoms with van der Waals surface area (Å²) in [6, 6.07) is 6.48. The Morgan fingerprint density at radius 3 is 2.48 bits per heavy atom. The van der Waals surface area contributed by atoms with Gasteiger partial charge in [0, 0.05) is 31.1 Å². The van der Waals surface area contributed by atoms with Crippen molar-refractivity contribution in [3.05, 3.63) is 29.3 Å². The van der Waals surface area contributed by atoms with E-state index < -0.39 is 10.0 Å². The van der Waals surface area contributed by atoms with Gasteiger partial charge in [-0.15, -0.1) is 0 Å². The van der Waals surface area contributed by atoms with Gasteiger partial charge in [-0.2, -0.15) is 0 Å². The zero-order valence-electron chi connectivity index (χ0n) is 13.6. The molecule has 0 aliphatic heterocycles. The van der Waals surface area contributed by atoms with Crippen molar-refractivity contribution in [1.82, 2.24) is 5.32 Å². The Kier molecular flexibility index (Phi) is 7.81. The fourth-order valence-electron chi connectivity index (χ4n) is 2.12. The largest absolute Gasteiger partial charge is 0.383 e. The number of rotatable bonds is 9. The minimum Gasteiger partial charge on any atom is -0.383 e. The Morgan fingerprint density at radius 2 is 1.96 bits per heavy atom. The van der Waals surface area contributed by atoms with Gasteiger partial charge in [-0.25, -0.2) is 8.42 Å². The number of benzene rings is 1. The SMILES string of the molecule is COCC(C)NC(=O)CCCN(c1ccc(Cl)cc1)S(C)(=O)=O. The maximum atomic E-state index is 11.9. The summed E-state index contributed by atoms with van der Waals surface area (Å²) in [6.07, 6.45) is 1.80. The lowest BCUT2D eigenvalue weighted by Crippen LogP contribution is -2.36. The van der Waals surface area contributed by atoms with E-state index in [4.69, 9.17) is 16.3 Å². The maximum absolute atomic E-state index is 11.9. The monoisotopic (exact) mass is 362 g/mol. The fourth-order valence-corrected chi connectivity index (χ4v) is 3.21. The van der Waals surface area contributed by atoms with Crippen LogP contribution in [0.3, 0.4) is 0 Å². The predicted octanol–water partition coefficient (Wildman–Crippen LogP) is 2.04. The average Bonchev–Trinajstić information content (AvgIpc) is 2.44. The van der Waals surface area contributed by atoms with Crippen LogP contribution >= 0.6 is 11.6 Å². The van der Waals surface area contributed by atoms with E-state index in [0.29, 0.717) is 23.7 Å². The molecule has 1 aromatic rings. The van der Waals surface area contributed by atoms with E-state index in [-0.39, 0.29) is 24.9 Å². The second-order valence-corrected chi connectivity index (χ2v) is 7.68. The van der Waals surface area contributed by atoms with Crippen LogP contribution in [0.5, 0.6) is 0 Å². The molecule has 0 bridgehead atoms. The van der Waals surface area contributed by atoms with Gasteiger partial charge in [0.25, 0.3) is 0 Å². The molecule has 1 N–H and O–H groups in total. The van der Waals surface area contributed by atoms with E-state index >= 15 is 0 Å². The Morgan fingerprint density at radius 1 is 1.35 bits per heavy atom. The standard InChI is InChI=1S/C15H23ClN2O4S/c1-12(11-22-2)17-15(19)5-4-10-18(23(3,20)21)14-8-6-13(16)7-9-14/h6-9,12H,4-5,10-11H2,1-3H3,(H,17,19). The van der Waals surface area contributed by atoms with E-state index in [1.165, 1.54) is 4.31 Å². The molecule has 0 aromatic heterocycles. The summed E-state index contributed by atoms with van der Waals surface area (Å²) < 4.78 is 30.1. The third-order valence-electron chi connectivity index (χ3n) is 3.10. The van der Waals surface area contributed by atoms with Crippen LogP contribution in [0.2, 0.25) is 5.02 Å². The number of methoxy groups -OCH3 is 1. The van der Waals surface area contributed by atoms with Crippen molar-refractivity contribution in [1.29, 1.82) is 0 Å². The number of hydrogen-bond acceptors (Lipinski definition) is 4. The molecule has 0 heterocycles. The first-order valence-electron chi connectivity index (χ1n) is 7.25. The number of ether oxygens (including phenoxy) is 1. The van der Waals surface area contributed by atoms with Crippen LogP contribution in [0.25, 0.3) is 0 Å². The minimum atomic E-state index is -3.42. The molecule has 1 amide bonds. The molecule has 0 aliphatic rings. The molecule has 0 saturated carbocycles. The summed E-state index contributed by atoms with van der Waals surface area (Å²) in [6.45, 7) is 2.51. The first-order valence-corrected chi connectivity index (χ1v) is 9.48. The minimum absolute atomic E-state index is 0.0743. The number of hydrogen-bond donors (Lipinski definition) is 1. The zero-order valence-corrected chi connectivity index (χ0v) is 15.2. The molecule has 0 radical (unpaired) electrons. The summed E-state index contributed by atoms with van der Waals surface area (Å²) in [5.74, 6) is -0.126. The Bertz CT molecular complexity index is 604. The summed E-state index contributed by atoms with van der Waals surface area (Å²) >= 11 is 5.82. The molecule has 1 atom stereocenters. The summed E-state index contributed by atoms with van der Waals surface area (Å²) in [5, 5.41) is 3.33. The van der Waals surface area contributed by atoms with E-state index in [9.17, 15) is 13.2 Å². The number of sulfonamides is 1. The van der Waals surface area contributed by atoms with Gasteiger partial charge in [-0.1, -0.05) is 11.6 Å². The second kappa shape index (κ2) is 9.10. The van der Waals surface area contributed by atoms with Crippen molar-refractivity contribution in [2.24, 2.45) is 0 Å². The van der Waals surface area contributed by atoms with E-state index in [1.54, 1.807) is 31.4 Å². The number of anilines is 1. The first kappa shape index (κ1) is 19.7. The third-order valence-corrected chi connectivity index (χ3v) is 4.55. The highest BCUT2D eigenvalue weighted by molar-refractivity contribution is 7.92. The van der Waals surface area contributed by atoms with Crippen LogP contribution in [-0.4, -0.2) is 46.9 Å². The van der Waals surface area contributed by atoms with Gasteiger partial charge >= 0.3 is 0 Å². The van der Waals surface area contributed by atoms with Crippen LogP contribution in [0, 0.1) is 0 Å². The summed E-state index contributed by atoms with van der Waals surface area (Å²) in [5.41, 5.74) is 0.532. The summed E-state index contributed by atoms with van der Waals surface area (Å²) in [7, 11) is -1.85. The molecule has 130 valence electrons. The Labute approximate surface area is 142 Å². The predicted molar refractivity (Wildman–Crippen MR) is 92.4 cm³/mol. The normalized spacial score (nSPS) is 12.7. The molecular weight excluding hydrogens is 340 g/mol. The van der Waals surface area contributed by atoms with Crippen LogP contribution in [0.1, 0.15) is 19.8 Å². The van der Waals surface area contributed by atoms with Crippen molar-refractivity contribution in [2.75, 3.05) is 30.8 Å². The van der Waals surface area contributed by atoms with Crippen LogP contribution in [0.15, 0.2) is 24.3 Å². The number of nitrogens with one attached hydrogen (secondary N) is 1. The molecule has 1 rings (SSSR count). The highest BCUT2D eigenvalue weighted by Gasteiger charge is 2.17. The van der Waals surface area contributed by atoms with Crippen molar-refractivity contribution in [2.45, 2.75) is 25.8 Å². The quantitative estimate of drug-likeness (QED) is 0.729. The molecule has 0 saturated heterocycles. The molecule has 0 aliphatic carbocycles. The average molecular weight is 363 g/mol. The molecule has 1 aromatic carbocycles. The molecule has 1 unspecified atom stereocenters. The maximum Gasteiger partial charge on any atom is 0.232 e. The lowest BCUT2D eigenvalue weighted by atomic mass is 10.2. The third kappa shape index (κ3) is 7.20. The number of carbonyl (C=O) groups excluding carboxylic acids is 1. The topological polar surface area (TPSA) is 75.7 Å². The van der Waals surface area contributed by atoms with E-state index in [2.05, 4.69) is 5.32 Å². The van der Waals surface area contributed by atoms with Gasteiger partial charge in [0.1, 0.15) is 0 Å². The first-order chi connectivity index (χ1) is 10.7. The van der Waals surface area contributed by atoms with Gasteiger partial charge in [0.05, 0.1) is 18.6 Å². The Balaban J connectivity index is 2.60. The lowest BCUT2D eigenvalue weighted by molar-refractivity contribution is -0.122. The van der Waals surface area contributed by atoms with Crippen molar-refractivity contribution < 1.29 is 17.9 Å². The molecule has 6 nitrogen and oxygen atoms in total. The molecule has 0 spiro atoms. The smallest absolute Gasteiger partial charge is 0.232 e. The number of amides is 1. The second-order valence-electron chi connectivity index (χ2n) is 5.34. The van der Waals surface area contributed by atoms with Gasteiger partial charge in [0.2, 0.25) is 15.9 Å². The van der Waals surface area contributed by atoms with Crippen molar-refractivity contribution in [3.63, 3.8) is 0 Å². The van der Waals surface area contributed by atoms with Gasteiger partial charge < -0.3 is 10.1 Å². The van der Waals surface area contributed by atoms with Gasteiger partial charge in [0.15, 0.2) is 0 Å². The van der Waals surface area contributed by atoms with Gasteiger partial charge in [-0.3, -0.25) is 9.10 Å². The summed E-state index contributed by atoms with van der Waals surface area (Å²) in [4.78, 5) is 11.8. The molecule has 23 heavy (non-hydrogen) atoms. The van der Waals surface area contributed by atoms with Crippen LogP contribution in [-0.2, 0) is 19.6 Å². The van der Waals surface area contributed by atoms with E-state index in [1.807, 2.05) is 6.92 Å². The van der Waals surface area contributed by atoms with Crippen molar-refractivity contribution >= 4 is 33.2 Å². The fraction of sp³-hybridized carbons (Fsp3) is 0.533. The van der Waals surface area contributed by atoms with Crippen molar-refractivity contribution in [3.8, 4) is 0 Å². The molecule has 8 heteroatoms. The molecule has 0 fully saturated rings. The highest BCUT2D eigenvalue weighted by Crippen LogP contribution is 2.20. The number of carbonyl (C=O) groups is 1. The highest BCUT2D eigenvalue weighted by atomic mass is 35.5. The van der Waals surface area contributed by atoms with Gasteiger partial charge in [-0.05, 0) is 37.6 Å². The Hall–Kier alpha value is -1.31. The van der Waals surface area contributed by atoms with Crippen LogP contribution in [0.4, 0.5) is 5.69 Å². The van der Waals surface area contributed by atoms with E-state index in [0.717, 1.165) is 6.26 Å². The zero-order chi connectivity index (χ0) is 17.5. The van der Waals surface area contributed by atoms with Crippen LogP contribution < -0.4 is 9.62 Å². The molecular formula is C15H23ClN2O4S. The number of nitrogens with zero attached hydrogens (tertiary/aromatic N) is 1. The lowest BCUT2D eigenvalue weighted by Gasteiger charge is -2.22. The number of halogens is 1.